The van der Waals surface area contributed by atoms with Crippen molar-refractivity contribution in [2.24, 2.45) is 5.41 Å². The van der Waals surface area contributed by atoms with Crippen molar-refractivity contribution >= 4 is 11.9 Å². The van der Waals surface area contributed by atoms with Crippen molar-refractivity contribution in [3.8, 4) is 11.8 Å². The summed E-state index contributed by atoms with van der Waals surface area (Å²) in [5.41, 5.74) is 2.13. The van der Waals surface area contributed by atoms with E-state index < -0.39 is 17.4 Å². The van der Waals surface area contributed by atoms with E-state index in [0.717, 1.165) is 5.57 Å². The van der Waals surface area contributed by atoms with Gasteiger partial charge in [-0.2, -0.15) is 0 Å². The Morgan fingerprint density at radius 2 is 1.67 bits per heavy atom. The minimum atomic E-state index is -1.55. The largest absolute Gasteiger partial charge is 0.468 e. The first-order chi connectivity index (χ1) is 8.44. The molecule has 0 aromatic carbocycles. The fraction of sp³-hybridized carbons (Fsp3) is 0.500. The van der Waals surface area contributed by atoms with Crippen molar-refractivity contribution in [1.29, 1.82) is 0 Å². The van der Waals surface area contributed by atoms with Gasteiger partial charge in [0.15, 0.2) is 0 Å². The van der Waals surface area contributed by atoms with Crippen LogP contribution in [0, 0.1) is 17.3 Å². The first-order valence-corrected chi connectivity index (χ1v) is 5.42. The Kier molecular flexibility index (Phi) is 6.56. The van der Waals surface area contributed by atoms with Crippen LogP contribution in [0.15, 0.2) is 17.4 Å². The van der Waals surface area contributed by atoms with Crippen molar-refractivity contribution in [2.75, 3.05) is 14.2 Å². The van der Waals surface area contributed by atoms with E-state index in [4.69, 9.17) is 0 Å². The summed E-state index contributed by atoms with van der Waals surface area (Å²) in [7, 11) is 2.44. The maximum atomic E-state index is 11.9. The summed E-state index contributed by atoms with van der Waals surface area (Å²) in [6, 6.07) is 0. The third-order valence-electron chi connectivity index (χ3n) is 2.25. The van der Waals surface area contributed by atoms with Gasteiger partial charge in [-0.25, -0.2) is 0 Å². The number of methoxy groups -OCH3 is 2. The van der Waals surface area contributed by atoms with Crippen molar-refractivity contribution < 1.29 is 19.1 Å². The van der Waals surface area contributed by atoms with Crippen LogP contribution in [0.2, 0.25) is 0 Å². The molecule has 18 heavy (non-hydrogen) atoms. The topological polar surface area (TPSA) is 52.6 Å². The molecule has 0 aliphatic rings. The maximum absolute atomic E-state index is 11.9. The molecule has 4 heteroatoms. The number of carbonyl (C=O) groups excluding carboxylic acids is 2. The molecule has 0 saturated carbocycles. The van der Waals surface area contributed by atoms with Crippen LogP contribution in [-0.2, 0) is 19.1 Å². The average molecular weight is 250 g/mol. The minimum Gasteiger partial charge on any atom is -0.468 e. The Labute approximate surface area is 108 Å². The fourth-order valence-electron chi connectivity index (χ4n) is 1.26. The summed E-state index contributed by atoms with van der Waals surface area (Å²) >= 11 is 0. The highest BCUT2D eigenvalue weighted by molar-refractivity contribution is 6.02. The lowest BCUT2D eigenvalue weighted by Gasteiger charge is -2.21. The van der Waals surface area contributed by atoms with Gasteiger partial charge in [0, 0.05) is 6.42 Å². The SMILES string of the molecule is CC#CCC(C=C=C(C)C)(C(=O)OC)C(=O)OC. The molecule has 0 fully saturated rings. The monoisotopic (exact) mass is 250 g/mol. The van der Waals surface area contributed by atoms with Gasteiger partial charge in [0.2, 0.25) is 5.41 Å². The van der Waals surface area contributed by atoms with Crippen LogP contribution in [-0.4, -0.2) is 26.2 Å². The molecule has 0 aromatic rings. The first kappa shape index (κ1) is 16.0. The maximum Gasteiger partial charge on any atom is 0.328 e. The molecule has 0 bridgehead atoms. The van der Waals surface area contributed by atoms with Crippen LogP contribution in [0.1, 0.15) is 27.2 Å². The van der Waals surface area contributed by atoms with Crippen LogP contribution in [0.3, 0.4) is 0 Å². The number of hydrogen-bond acceptors (Lipinski definition) is 4. The highest BCUT2D eigenvalue weighted by Crippen LogP contribution is 2.27. The Balaban J connectivity index is 5.82. The highest BCUT2D eigenvalue weighted by atomic mass is 16.5. The number of esters is 2. The minimum absolute atomic E-state index is 0.00310. The summed E-state index contributed by atoms with van der Waals surface area (Å²) in [5, 5.41) is 0. The summed E-state index contributed by atoms with van der Waals surface area (Å²) in [4.78, 5) is 23.8. The number of hydrogen-bond donors (Lipinski definition) is 0. The molecule has 4 nitrogen and oxygen atoms in total. The van der Waals surface area contributed by atoms with Crippen LogP contribution in [0.25, 0.3) is 0 Å². The van der Waals surface area contributed by atoms with Gasteiger partial charge in [0.1, 0.15) is 0 Å². The molecule has 0 N–H and O–H groups in total. The number of carbonyl (C=O) groups is 2. The lowest BCUT2D eigenvalue weighted by atomic mass is 9.84. The Hall–Kier alpha value is -1.98. The van der Waals surface area contributed by atoms with Gasteiger partial charge in [-0.3, -0.25) is 9.59 Å². The Morgan fingerprint density at radius 1 is 1.17 bits per heavy atom. The van der Waals surface area contributed by atoms with Gasteiger partial charge in [-0.05, 0) is 32.4 Å². The van der Waals surface area contributed by atoms with Crippen molar-refractivity contribution in [3.05, 3.63) is 17.4 Å². The third-order valence-corrected chi connectivity index (χ3v) is 2.25. The van der Waals surface area contributed by atoms with E-state index in [-0.39, 0.29) is 6.42 Å². The highest BCUT2D eigenvalue weighted by Gasteiger charge is 2.46. The molecule has 0 heterocycles. The zero-order valence-corrected chi connectivity index (χ0v) is 11.4. The van der Waals surface area contributed by atoms with Gasteiger partial charge >= 0.3 is 11.9 Å². The Bertz CT molecular complexity index is 422. The van der Waals surface area contributed by atoms with E-state index in [9.17, 15) is 9.59 Å². The molecular weight excluding hydrogens is 232 g/mol. The smallest absolute Gasteiger partial charge is 0.328 e. The van der Waals surface area contributed by atoms with Crippen molar-refractivity contribution in [3.63, 3.8) is 0 Å². The summed E-state index contributed by atoms with van der Waals surface area (Å²) in [5.74, 6) is 3.95. The zero-order chi connectivity index (χ0) is 14.2. The van der Waals surface area contributed by atoms with Crippen LogP contribution >= 0.6 is 0 Å². The first-order valence-electron chi connectivity index (χ1n) is 5.42. The molecule has 0 aliphatic heterocycles. The number of rotatable bonds is 4. The van der Waals surface area contributed by atoms with Crippen molar-refractivity contribution in [2.45, 2.75) is 27.2 Å². The summed E-state index contributed by atoms with van der Waals surface area (Å²) in [6.07, 6.45) is 1.37. The standard InChI is InChI=1S/C14H18O4/c1-6-7-9-14(12(15)17-4,13(16)18-5)10-8-11(2)3/h10H,9H2,1-5H3. The Morgan fingerprint density at radius 3 is 2.00 bits per heavy atom. The molecule has 0 unspecified atom stereocenters. The second-order valence-corrected chi connectivity index (χ2v) is 3.85. The quantitative estimate of drug-likeness (QED) is 0.331. The van der Waals surface area contributed by atoms with Crippen LogP contribution in [0.4, 0.5) is 0 Å². The second kappa shape index (κ2) is 7.37. The lowest BCUT2D eigenvalue weighted by Crippen LogP contribution is -2.39. The van der Waals surface area contributed by atoms with E-state index in [0.29, 0.717) is 0 Å². The van der Waals surface area contributed by atoms with Gasteiger partial charge in [0.05, 0.1) is 14.2 Å². The zero-order valence-electron chi connectivity index (χ0n) is 11.4. The molecule has 0 atom stereocenters. The fourth-order valence-corrected chi connectivity index (χ4v) is 1.26. The van der Waals surface area contributed by atoms with Gasteiger partial charge in [0.25, 0.3) is 0 Å². The molecule has 0 rings (SSSR count). The predicted molar refractivity (Wildman–Crippen MR) is 67.5 cm³/mol. The number of ether oxygens (including phenoxy) is 2. The lowest BCUT2D eigenvalue weighted by molar-refractivity contribution is -0.164. The molecular formula is C14H18O4. The third kappa shape index (κ3) is 3.80. The van der Waals surface area contributed by atoms with E-state index in [1.54, 1.807) is 20.8 Å². The second-order valence-electron chi connectivity index (χ2n) is 3.85. The molecule has 98 valence electrons. The molecule has 0 spiro atoms. The van der Waals surface area contributed by atoms with Crippen LogP contribution in [0.5, 0.6) is 0 Å². The van der Waals surface area contributed by atoms with E-state index in [1.165, 1.54) is 20.3 Å². The van der Waals surface area contributed by atoms with Gasteiger partial charge < -0.3 is 9.47 Å². The van der Waals surface area contributed by atoms with Gasteiger partial charge in [-0.1, -0.05) is 0 Å². The van der Waals surface area contributed by atoms with Gasteiger partial charge in [-0.15, -0.1) is 17.6 Å². The van der Waals surface area contributed by atoms with E-state index in [2.05, 4.69) is 27.0 Å². The van der Waals surface area contributed by atoms with E-state index in [1.807, 2.05) is 0 Å². The normalized spacial score (nSPS) is 9.39. The molecule has 0 saturated heterocycles. The molecule has 0 aromatic heterocycles. The summed E-state index contributed by atoms with van der Waals surface area (Å²) in [6.45, 7) is 5.24. The molecule has 0 aliphatic carbocycles. The average Bonchev–Trinajstić information content (AvgIpc) is 2.37. The van der Waals surface area contributed by atoms with E-state index >= 15 is 0 Å². The summed E-state index contributed by atoms with van der Waals surface area (Å²) < 4.78 is 9.36. The molecule has 0 amide bonds. The molecule has 0 radical (unpaired) electrons. The van der Waals surface area contributed by atoms with Crippen LogP contribution < -0.4 is 0 Å². The predicted octanol–water partition coefficient (Wildman–Crippen LogP) is 1.85. The van der Waals surface area contributed by atoms with Crippen molar-refractivity contribution in [1.82, 2.24) is 0 Å².